The van der Waals surface area contributed by atoms with E-state index in [1.807, 2.05) is 0 Å². The van der Waals surface area contributed by atoms with Crippen LogP contribution in [0.2, 0.25) is 0 Å². The van der Waals surface area contributed by atoms with Gasteiger partial charge in [0, 0.05) is 17.4 Å². The number of ether oxygens (including phenoxy) is 1. The number of rotatable bonds is 5. The molecule has 0 saturated carbocycles. The van der Waals surface area contributed by atoms with Gasteiger partial charge in [-0.15, -0.1) is 0 Å². The number of nitrogen functional groups attached to an aromatic ring is 1. The Morgan fingerprint density at radius 3 is 2.86 bits per heavy atom. The molecule has 0 aliphatic heterocycles. The van der Waals surface area contributed by atoms with Gasteiger partial charge in [0.2, 0.25) is 5.91 Å². The molecule has 0 aromatic heterocycles. The summed E-state index contributed by atoms with van der Waals surface area (Å²) in [6.07, 6.45) is 0.171. The van der Waals surface area contributed by atoms with Gasteiger partial charge in [-0.2, -0.15) is 0 Å². The van der Waals surface area contributed by atoms with Crippen molar-refractivity contribution in [1.82, 2.24) is 0 Å². The van der Waals surface area contributed by atoms with E-state index in [-0.39, 0.29) is 24.8 Å². The normalized spacial score (nSPS) is 10.2. The number of hydrogen-bond donors (Lipinski definition) is 2. The van der Waals surface area contributed by atoms with Gasteiger partial charge < -0.3 is 15.8 Å². The van der Waals surface area contributed by atoms with Crippen LogP contribution in [-0.2, 0) is 4.79 Å². The van der Waals surface area contributed by atoms with Crippen LogP contribution in [0.25, 0.3) is 0 Å². The van der Waals surface area contributed by atoms with Crippen LogP contribution in [-0.4, -0.2) is 12.5 Å². The number of carbonyl (C=O) groups excluding carboxylic acids is 1. The van der Waals surface area contributed by atoms with Crippen molar-refractivity contribution in [2.45, 2.75) is 13.3 Å². The molecule has 4 nitrogen and oxygen atoms in total. The molecule has 5 heteroatoms. The largest absolute Gasteiger partial charge is 0.493 e. The number of amides is 1. The van der Waals surface area contributed by atoms with Crippen LogP contribution in [0.1, 0.15) is 12.0 Å². The first-order chi connectivity index (χ1) is 10.0. The highest BCUT2D eigenvalue weighted by atomic mass is 19.1. The molecule has 21 heavy (non-hydrogen) atoms. The lowest BCUT2D eigenvalue weighted by Crippen LogP contribution is -2.16. The minimum atomic E-state index is -0.382. The van der Waals surface area contributed by atoms with Crippen molar-refractivity contribution >= 4 is 17.3 Å². The van der Waals surface area contributed by atoms with Crippen molar-refractivity contribution in [2.75, 3.05) is 17.7 Å². The van der Waals surface area contributed by atoms with Crippen LogP contribution in [0.5, 0.6) is 5.75 Å². The number of hydrogen-bond acceptors (Lipinski definition) is 3. The summed E-state index contributed by atoms with van der Waals surface area (Å²) in [6.45, 7) is 2.03. The van der Waals surface area contributed by atoms with E-state index in [1.54, 1.807) is 37.3 Å². The predicted octanol–water partition coefficient (Wildman–Crippen LogP) is 3.12. The van der Waals surface area contributed by atoms with E-state index in [1.165, 1.54) is 12.1 Å². The van der Waals surface area contributed by atoms with Crippen LogP contribution in [0.4, 0.5) is 15.8 Å². The first-order valence-corrected chi connectivity index (χ1v) is 6.59. The minimum Gasteiger partial charge on any atom is -0.493 e. The van der Waals surface area contributed by atoms with Crippen molar-refractivity contribution in [1.29, 1.82) is 0 Å². The Balaban J connectivity index is 1.84. The maximum Gasteiger partial charge on any atom is 0.227 e. The lowest BCUT2D eigenvalue weighted by molar-refractivity contribution is -0.116. The van der Waals surface area contributed by atoms with Crippen molar-refractivity contribution in [3.63, 3.8) is 0 Å². The van der Waals surface area contributed by atoms with Crippen molar-refractivity contribution in [3.8, 4) is 5.75 Å². The average molecular weight is 288 g/mol. The Kier molecular flexibility index (Phi) is 4.77. The molecule has 0 heterocycles. The summed E-state index contributed by atoms with van der Waals surface area (Å²) < 4.78 is 18.6. The zero-order valence-electron chi connectivity index (χ0n) is 11.7. The molecule has 0 saturated heterocycles. The van der Waals surface area contributed by atoms with E-state index in [0.717, 1.165) is 5.56 Å². The SMILES string of the molecule is Cc1ccc(F)cc1NC(=O)CCOc1cccc(N)c1. The fourth-order valence-electron chi connectivity index (χ4n) is 1.81. The summed E-state index contributed by atoms with van der Waals surface area (Å²) in [5.41, 5.74) is 7.52. The molecule has 0 spiro atoms. The molecule has 0 atom stereocenters. The van der Waals surface area contributed by atoms with Crippen LogP contribution < -0.4 is 15.8 Å². The third kappa shape index (κ3) is 4.49. The predicted molar refractivity (Wildman–Crippen MR) is 80.7 cm³/mol. The van der Waals surface area contributed by atoms with Gasteiger partial charge in [-0.1, -0.05) is 12.1 Å². The summed E-state index contributed by atoms with van der Waals surface area (Å²) in [5.74, 6) is 0.00394. The topological polar surface area (TPSA) is 64.3 Å². The van der Waals surface area contributed by atoms with Gasteiger partial charge in [0.05, 0.1) is 13.0 Å². The lowest BCUT2D eigenvalue weighted by atomic mass is 10.2. The highest BCUT2D eigenvalue weighted by Gasteiger charge is 2.06. The number of carbonyl (C=O) groups is 1. The standard InChI is InChI=1S/C16H17FN2O2/c1-11-5-6-12(17)9-15(11)19-16(20)7-8-21-14-4-2-3-13(18)10-14/h2-6,9-10H,7-8,18H2,1H3,(H,19,20). The Morgan fingerprint density at radius 2 is 2.10 bits per heavy atom. The zero-order valence-corrected chi connectivity index (χ0v) is 11.7. The number of benzene rings is 2. The summed E-state index contributed by atoms with van der Waals surface area (Å²) in [4.78, 5) is 11.8. The van der Waals surface area contributed by atoms with Crippen molar-refractivity contribution in [2.24, 2.45) is 0 Å². The molecule has 0 aliphatic carbocycles. The molecule has 0 fully saturated rings. The molecule has 1 amide bonds. The Morgan fingerprint density at radius 1 is 1.29 bits per heavy atom. The monoisotopic (exact) mass is 288 g/mol. The summed E-state index contributed by atoms with van der Waals surface area (Å²) in [5, 5.41) is 2.67. The van der Waals surface area contributed by atoms with Crippen LogP contribution >= 0.6 is 0 Å². The highest BCUT2D eigenvalue weighted by molar-refractivity contribution is 5.91. The molecule has 2 rings (SSSR count). The summed E-state index contributed by atoms with van der Waals surface area (Å²) in [6, 6.07) is 11.3. The van der Waals surface area contributed by atoms with Crippen LogP contribution in [0.3, 0.4) is 0 Å². The molecular formula is C16H17FN2O2. The zero-order chi connectivity index (χ0) is 15.2. The van der Waals surface area contributed by atoms with E-state index < -0.39 is 0 Å². The average Bonchev–Trinajstić information content (AvgIpc) is 2.43. The quantitative estimate of drug-likeness (QED) is 0.831. The molecular weight excluding hydrogens is 271 g/mol. The fourth-order valence-corrected chi connectivity index (χ4v) is 1.81. The van der Waals surface area contributed by atoms with E-state index in [4.69, 9.17) is 10.5 Å². The molecule has 0 bridgehead atoms. The van der Waals surface area contributed by atoms with Gasteiger partial charge in [-0.3, -0.25) is 4.79 Å². The van der Waals surface area contributed by atoms with E-state index in [2.05, 4.69) is 5.32 Å². The van der Waals surface area contributed by atoms with Crippen molar-refractivity contribution in [3.05, 3.63) is 53.8 Å². The Hall–Kier alpha value is -2.56. The molecule has 0 aliphatic rings. The molecule has 3 N–H and O–H groups in total. The number of nitrogens with one attached hydrogen (secondary N) is 1. The molecule has 0 radical (unpaired) electrons. The van der Waals surface area contributed by atoms with Gasteiger partial charge in [0.25, 0.3) is 0 Å². The molecule has 2 aromatic rings. The first kappa shape index (κ1) is 14.8. The van der Waals surface area contributed by atoms with E-state index in [0.29, 0.717) is 17.1 Å². The Labute approximate surface area is 122 Å². The first-order valence-electron chi connectivity index (χ1n) is 6.59. The van der Waals surface area contributed by atoms with Gasteiger partial charge in [0.15, 0.2) is 0 Å². The molecule has 0 unspecified atom stereocenters. The maximum atomic E-state index is 13.1. The second-order valence-electron chi connectivity index (χ2n) is 4.68. The Bertz CT molecular complexity index is 644. The summed E-state index contributed by atoms with van der Waals surface area (Å²) in [7, 11) is 0. The summed E-state index contributed by atoms with van der Waals surface area (Å²) >= 11 is 0. The second kappa shape index (κ2) is 6.74. The van der Waals surface area contributed by atoms with Gasteiger partial charge >= 0.3 is 0 Å². The third-order valence-electron chi connectivity index (χ3n) is 2.93. The maximum absolute atomic E-state index is 13.1. The van der Waals surface area contributed by atoms with E-state index in [9.17, 15) is 9.18 Å². The van der Waals surface area contributed by atoms with Gasteiger partial charge in [-0.25, -0.2) is 4.39 Å². The minimum absolute atomic E-state index is 0.171. The molecule has 2 aromatic carbocycles. The smallest absolute Gasteiger partial charge is 0.227 e. The molecule has 110 valence electrons. The van der Waals surface area contributed by atoms with Gasteiger partial charge in [0.1, 0.15) is 11.6 Å². The van der Waals surface area contributed by atoms with Crippen LogP contribution in [0.15, 0.2) is 42.5 Å². The lowest BCUT2D eigenvalue weighted by Gasteiger charge is -2.09. The van der Waals surface area contributed by atoms with Gasteiger partial charge in [-0.05, 0) is 36.8 Å². The number of anilines is 2. The third-order valence-corrected chi connectivity index (χ3v) is 2.93. The second-order valence-corrected chi connectivity index (χ2v) is 4.68. The van der Waals surface area contributed by atoms with E-state index >= 15 is 0 Å². The van der Waals surface area contributed by atoms with Crippen LogP contribution in [0, 0.1) is 12.7 Å². The fraction of sp³-hybridized carbons (Fsp3) is 0.188. The van der Waals surface area contributed by atoms with Crippen molar-refractivity contribution < 1.29 is 13.9 Å². The highest BCUT2D eigenvalue weighted by Crippen LogP contribution is 2.17. The number of halogens is 1. The number of aryl methyl sites for hydroxylation is 1. The number of nitrogens with two attached hydrogens (primary N) is 1.